The van der Waals surface area contributed by atoms with Crippen molar-refractivity contribution >= 4 is 43.6 Å². The van der Waals surface area contributed by atoms with Gasteiger partial charge in [-0.1, -0.05) is 20.3 Å². The van der Waals surface area contributed by atoms with Crippen LogP contribution in [0.1, 0.15) is 29.5 Å². The smallest absolute Gasteiger partial charge is 1.00 e. The summed E-state index contributed by atoms with van der Waals surface area (Å²) in [6.45, 7) is 4.10. The topological polar surface area (TPSA) is 49.3 Å². The molecule has 1 aliphatic heterocycles. The van der Waals surface area contributed by atoms with Gasteiger partial charge in [0.05, 0.1) is 18.6 Å². The first-order chi connectivity index (χ1) is 5.15. The molecule has 0 aromatic heterocycles. The molecular formula is C8H17CaNO2. The third kappa shape index (κ3) is 2.87. The quantitative estimate of drug-likeness (QED) is 0.621. The number of hydrogen-bond donors (Lipinski definition) is 2. The van der Waals surface area contributed by atoms with Gasteiger partial charge in [0.2, 0.25) is 5.91 Å². The molecule has 1 saturated heterocycles. The summed E-state index contributed by atoms with van der Waals surface area (Å²) in [6.07, 6.45) is 0.786. The Bertz CT molecular complexity index is 171. The maximum Gasteiger partial charge on any atom is 2.00 e. The molecule has 1 heterocycles. The Kier molecular flexibility index (Phi) is 5.74. The van der Waals surface area contributed by atoms with Crippen molar-refractivity contribution in [3.05, 3.63) is 0 Å². The zero-order chi connectivity index (χ0) is 8.43. The zero-order valence-electron chi connectivity index (χ0n) is 9.71. The number of hydrogen-bond acceptors (Lipinski definition) is 2. The summed E-state index contributed by atoms with van der Waals surface area (Å²) in [6, 6.07) is -0.0208. The fourth-order valence-corrected chi connectivity index (χ4v) is 1.43. The van der Waals surface area contributed by atoms with Gasteiger partial charge in [-0.15, -0.1) is 0 Å². The molecule has 0 aromatic rings. The van der Waals surface area contributed by atoms with Crippen LogP contribution in [-0.4, -0.2) is 60.9 Å². The Morgan fingerprint density at radius 1 is 1.83 bits per heavy atom. The van der Waals surface area contributed by atoms with E-state index in [1.807, 2.05) is 6.92 Å². The van der Waals surface area contributed by atoms with E-state index in [0.29, 0.717) is 5.92 Å². The van der Waals surface area contributed by atoms with Gasteiger partial charge in [0, 0.05) is 0 Å². The van der Waals surface area contributed by atoms with Gasteiger partial charge in [-0.25, -0.2) is 0 Å². The maximum atomic E-state index is 10.8. The van der Waals surface area contributed by atoms with E-state index in [2.05, 4.69) is 12.2 Å². The third-order valence-electron chi connectivity index (χ3n) is 2.39. The summed E-state index contributed by atoms with van der Waals surface area (Å²) in [5.74, 6) is 0.347. The fraction of sp³-hybridized carbons (Fsp3) is 0.875. The molecule has 4 heteroatoms. The van der Waals surface area contributed by atoms with E-state index in [0.717, 1.165) is 6.42 Å². The number of nitrogens with one attached hydrogen (secondary N) is 1. The molecule has 3 nitrogen and oxygen atoms in total. The molecule has 12 heavy (non-hydrogen) atoms. The molecule has 0 aliphatic carbocycles. The average Bonchev–Trinajstić information content (AvgIpc) is 2.28. The second-order valence-corrected chi connectivity index (χ2v) is 3.25. The van der Waals surface area contributed by atoms with E-state index in [4.69, 9.17) is 0 Å². The largest absolute Gasteiger partial charge is 2.00 e. The van der Waals surface area contributed by atoms with Crippen molar-refractivity contribution in [1.82, 2.24) is 5.32 Å². The Labute approximate surface area is 106 Å². The molecule has 0 saturated carbocycles. The zero-order valence-corrected chi connectivity index (χ0v) is 9.92. The van der Waals surface area contributed by atoms with Crippen LogP contribution in [0.4, 0.5) is 0 Å². The second kappa shape index (κ2) is 5.43. The van der Waals surface area contributed by atoms with Crippen LogP contribution in [0.2, 0.25) is 0 Å². The Morgan fingerprint density at radius 3 is 2.75 bits per heavy atom. The van der Waals surface area contributed by atoms with Gasteiger partial charge in [-0.05, 0) is 5.92 Å². The molecule has 1 aliphatic rings. The molecule has 0 bridgehead atoms. The van der Waals surface area contributed by atoms with Gasteiger partial charge in [-0.3, -0.25) is 4.79 Å². The van der Waals surface area contributed by atoms with Crippen LogP contribution < -0.4 is 5.32 Å². The predicted molar refractivity (Wildman–Crippen MR) is 50.0 cm³/mol. The molecular weight excluding hydrogens is 182 g/mol. The van der Waals surface area contributed by atoms with E-state index >= 15 is 0 Å². The van der Waals surface area contributed by atoms with Gasteiger partial charge in [0.15, 0.2) is 0 Å². The number of carbonyl (C=O) groups is 1. The molecule has 3 atom stereocenters. The minimum Gasteiger partial charge on any atom is -1.00 e. The van der Waals surface area contributed by atoms with Crippen LogP contribution in [0.25, 0.3) is 0 Å². The van der Waals surface area contributed by atoms with Crippen LogP contribution in [0.5, 0.6) is 0 Å². The molecule has 3 unspecified atom stereocenters. The van der Waals surface area contributed by atoms with Crippen molar-refractivity contribution in [2.45, 2.75) is 38.8 Å². The number of aliphatic hydroxyl groups excluding tert-OH is 1. The SMILES string of the molecule is CCC(C)C1NC(=O)CC1O.[Ca+2].[H-].[H-]. The van der Waals surface area contributed by atoms with Crippen LogP contribution >= 0.6 is 0 Å². The summed E-state index contributed by atoms with van der Waals surface area (Å²) < 4.78 is 0. The average molecular weight is 199 g/mol. The predicted octanol–water partition coefficient (Wildman–Crippen LogP) is 0.126. The molecule has 2 N–H and O–H groups in total. The number of amides is 1. The first-order valence-electron chi connectivity index (χ1n) is 4.12. The Balaban J connectivity index is -0.000000403. The molecule has 1 rings (SSSR count). The molecule has 1 amide bonds. The van der Waals surface area contributed by atoms with E-state index < -0.39 is 6.10 Å². The van der Waals surface area contributed by atoms with E-state index in [1.165, 1.54) is 0 Å². The van der Waals surface area contributed by atoms with Gasteiger partial charge in [-0.2, -0.15) is 0 Å². The van der Waals surface area contributed by atoms with E-state index in [1.54, 1.807) is 0 Å². The number of rotatable bonds is 2. The van der Waals surface area contributed by atoms with Crippen molar-refractivity contribution in [2.24, 2.45) is 5.92 Å². The monoisotopic (exact) mass is 199 g/mol. The van der Waals surface area contributed by atoms with Crippen LogP contribution in [0, 0.1) is 5.92 Å². The summed E-state index contributed by atoms with van der Waals surface area (Å²) in [5.41, 5.74) is 0. The van der Waals surface area contributed by atoms with E-state index in [-0.39, 0.29) is 59.0 Å². The second-order valence-electron chi connectivity index (χ2n) is 3.25. The first-order valence-corrected chi connectivity index (χ1v) is 4.12. The van der Waals surface area contributed by atoms with Crippen molar-refractivity contribution in [3.8, 4) is 0 Å². The van der Waals surface area contributed by atoms with Crippen molar-refractivity contribution < 1.29 is 12.8 Å². The van der Waals surface area contributed by atoms with Gasteiger partial charge in [0.25, 0.3) is 0 Å². The van der Waals surface area contributed by atoms with Crippen LogP contribution in [0.15, 0.2) is 0 Å². The van der Waals surface area contributed by atoms with Crippen molar-refractivity contribution in [2.75, 3.05) is 0 Å². The summed E-state index contributed by atoms with van der Waals surface area (Å²) in [7, 11) is 0. The first kappa shape index (κ1) is 12.7. The molecule has 68 valence electrons. The Hall–Kier alpha value is 0.690. The maximum absolute atomic E-state index is 10.8. The molecule has 0 spiro atoms. The third-order valence-corrected chi connectivity index (χ3v) is 2.39. The summed E-state index contributed by atoms with van der Waals surface area (Å²) >= 11 is 0. The minimum absolute atomic E-state index is 0. The Morgan fingerprint density at radius 2 is 2.42 bits per heavy atom. The summed E-state index contributed by atoms with van der Waals surface area (Å²) in [4.78, 5) is 10.8. The fourth-order valence-electron chi connectivity index (χ4n) is 1.43. The molecule has 0 aromatic carbocycles. The van der Waals surface area contributed by atoms with Gasteiger partial charge < -0.3 is 13.3 Å². The number of carbonyl (C=O) groups excluding carboxylic acids is 1. The van der Waals surface area contributed by atoms with Crippen molar-refractivity contribution in [1.29, 1.82) is 0 Å². The number of aliphatic hydroxyl groups is 1. The van der Waals surface area contributed by atoms with Crippen LogP contribution in [-0.2, 0) is 4.79 Å². The van der Waals surface area contributed by atoms with E-state index in [9.17, 15) is 9.90 Å². The normalized spacial score (nSPS) is 30.8. The minimum atomic E-state index is -0.475. The molecule has 0 radical (unpaired) electrons. The van der Waals surface area contributed by atoms with Gasteiger partial charge in [0.1, 0.15) is 0 Å². The van der Waals surface area contributed by atoms with Crippen molar-refractivity contribution in [3.63, 3.8) is 0 Å². The standard InChI is InChI=1S/C8H15NO2.Ca.2H/c1-3-5(2)8-6(10)4-7(11)9-8;;;/h5-6,8,10H,3-4H2,1-2H3,(H,9,11);;;/q;+2;2*-1. The van der Waals surface area contributed by atoms with Gasteiger partial charge >= 0.3 is 37.7 Å². The summed E-state index contributed by atoms with van der Waals surface area (Å²) in [5, 5.41) is 12.1. The molecule has 1 fully saturated rings. The van der Waals surface area contributed by atoms with Crippen LogP contribution in [0.3, 0.4) is 0 Å².